The van der Waals surface area contributed by atoms with Crippen LogP contribution in [0.5, 0.6) is 11.5 Å². The van der Waals surface area contributed by atoms with Gasteiger partial charge in [0.15, 0.2) is 0 Å². The smallest absolute Gasteiger partial charge is 0.306 e. The van der Waals surface area contributed by atoms with Gasteiger partial charge in [-0.1, -0.05) is 12.1 Å². The summed E-state index contributed by atoms with van der Waals surface area (Å²) in [5.41, 5.74) is -1.14. The fourth-order valence-electron chi connectivity index (χ4n) is 2.37. The fraction of sp³-hybridized carbons (Fsp3) is 0.200. The predicted octanol–water partition coefficient (Wildman–Crippen LogP) is 4.69. The monoisotopic (exact) mass is 316 g/mol. The molecule has 0 fully saturated rings. The summed E-state index contributed by atoms with van der Waals surface area (Å²) in [7, 11) is 0. The molecule has 0 radical (unpaired) electrons. The number of benzene rings is 2. The summed E-state index contributed by atoms with van der Waals surface area (Å²) in [4.78, 5) is 0. The van der Waals surface area contributed by atoms with Crippen molar-refractivity contribution in [1.29, 1.82) is 0 Å². The summed E-state index contributed by atoms with van der Waals surface area (Å²) < 4.78 is 71.0. The number of hydrogen-bond acceptors (Lipinski definition) is 2. The lowest BCUT2D eigenvalue weighted by Gasteiger charge is -2.36. The van der Waals surface area contributed by atoms with Gasteiger partial charge in [-0.3, -0.25) is 0 Å². The van der Waals surface area contributed by atoms with Crippen molar-refractivity contribution in [2.75, 3.05) is 0 Å². The second kappa shape index (κ2) is 4.95. The van der Waals surface area contributed by atoms with Gasteiger partial charge in [0.2, 0.25) is 0 Å². The molecule has 7 heteroatoms. The minimum absolute atomic E-state index is 0.00649. The van der Waals surface area contributed by atoms with Gasteiger partial charge in [-0.15, -0.1) is 0 Å². The third-order valence-electron chi connectivity index (χ3n) is 3.40. The van der Waals surface area contributed by atoms with Crippen molar-refractivity contribution in [2.45, 2.75) is 18.5 Å². The molecule has 1 atom stereocenters. The molecule has 22 heavy (non-hydrogen) atoms. The second-order valence-electron chi connectivity index (χ2n) is 4.87. The highest BCUT2D eigenvalue weighted by molar-refractivity contribution is 5.54. The van der Waals surface area contributed by atoms with Gasteiger partial charge in [-0.05, 0) is 23.8 Å². The van der Waals surface area contributed by atoms with Gasteiger partial charge in [0.1, 0.15) is 23.4 Å². The zero-order valence-electron chi connectivity index (χ0n) is 10.9. The molecule has 2 aromatic carbocycles. The van der Waals surface area contributed by atoms with Crippen LogP contribution < -0.4 is 4.74 Å². The molecule has 1 unspecified atom stereocenters. The van der Waals surface area contributed by atoms with Crippen LogP contribution in [-0.4, -0.2) is 5.11 Å². The second-order valence-corrected chi connectivity index (χ2v) is 4.87. The predicted molar refractivity (Wildman–Crippen MR) is 66.7 cm³/mol. The summed E-state index contributed by atoms with van der Waals surface area (Å²) in [6.45, 7) is 0. The fourth-order valence-corrected chi connectivity index (χ4v) is 2.37. The Morgan fingerprint density at radius 3 is 2.55 bits per heavy atom. The molecular formula is C15H9F5O2. The van der Waals surface area contributed by atoms with Gasteiger partial charge >= 0.3 is 5.92 Å². The molecule has 116 valence electrons. The van der Waals surface area contributed by atoms with Crippen LogP contribution in [0.25, 0.3) is 0 Å². The van der Waals surface area contributed by atoms with Crippen molar-refractivity contribution in [1.82, 2.24) is 0 Å². The van der Waals surface area contributed by atoms with Crippen LogP contribution in [-0.2, 0) is 5.92 Å². The molecule has 0 saturated carbocycles. The molecule has 1 aliphatic rings. The van der Waals surface area contributed by atoms with Crippen LogP contribution in [0.2, 0.25) is 0 Å². The van der Waals surface area contributed by atoms with E-state index in [1.807, 2.05) is 0 Å². The minimum Gasteiger partial charge on any atom is -0.457 e. The summed E-state index contributed by atoms with van der Waals surface area (Å²) in [5, 5.41) is 9.31. The SMILES string of the molecule is OC1c2cccc(Oc3cc(F)cc(C(F)F)c3)c2C1(F)F. The molecule has 0 bridgehead atoms. The average molecular weight is 316 g/mol. The summed E-state index contributed by atoms with van der Waals surface area (Å²) in [5.74, 6) is -5.08. The van der Waals surface area contributed by atoms with Crippen LogP contribution >= 0.6 is 0 Å². The largest absolute Gasteiger partial charge is 0.457 e. The molecule has 3 rings (SSSR count). The highest BCUT2D eigenvalue weighted by Gasteiger charge is 2.55. The van der Waals surface area contributed by atoms with E-state index in [2.05, 4.69) is 0 Å². The molecule has 0 aromatic heterocycles. The Kier molecular flexibility index (Phi) is 3.32. The van der Waals surface area contributed by atoms with Gasteiger partial charge in [0.05, 0.1) is 5.56 Å². The molecule has 0 aliphatic heterocycles. The normalized spacial score (nSPS) is 18.8. The summed E-state index contributed by atoms with van der Waals surface area (Å²) >= 11 is 0. The number of fused-ring (bicyclic) bond motifs is 1. The molecule has 0 spiro atoms. The zero-order valence-corrected chi connectivity index (χ0v) is 10.9. The first-order valence-corrected chi connectivity index (χ1v) is 6.26. The molecule has 2 nitrogen and oxygen atoms in total. The molecule has 1 N–H and O–H groups in total. The first-order valence-electron chi connectivity index (χ1n) is 6.26. The third-order valence-corrected chi connectivity index (χ3v) is 3.40. The van der Waals surface area contributed by atoms with Crippen molar-refractivity contribution in [3.63, 3.8) is 0 Å². The van der Waals surface area contributed by atoms with E-state index in [1.54, 1.807) is 0 Å². The van der Waals surface area contributed by atoms with Gasteiger partial charge < -0.3 is 9.84 Å². The molecule has 0 amide bonds. The quantitative estimate of drug-likeness (QED) is 0.832. The third kappa shape index (κ3) is 2.21. The Bertz CT molecular complexity index is 730. The van der Waals surface area contributed by atoms with E-state index < -0.39 is 35.4 Å². The molecule has 1 aliphatic carbocycles. The van der Waals surface area contributed by atoms with Crippen LogP contribution in [0.4, 0.5) is 22.0 Å². The van der Waals surface area contributed by atoms with Crippen LogP contribution in [0.3, 0.4) is 0 Å². The highest BCUT2D eigenvalue weighted by Crippen LogP contribution is 2.56. The van der Waals surface area contributed by atoms with Gasteiger partial charge in [-0.2, -0.15) is 8.78 Å². The lowest BCUT2D eigenvalue weighted by atomic mass is 9.80. The van der Waals surface area contributed by atoms with Gasteiger partial charge in [0, 0.05) is 11.6 Å². The highest BCUT2D eigenvalue weighted by atomic mass is 19.3. The molecular weight excluding hydrogens is 307 g/mol. The molecule has 0 saturated heterocycles. The van der Waals surface area contributed by atoms with E-state index in [0.717, 1.165) is 12.1 Å². The van der Waals surface area contributed by atoms with Crippen molar-refractivity contribution in [2.24, 2.45) is 0 Å². The van der Waals surface area contributed by atoms with E-state index in [1.165, 1.54) is 18.2 Å². The summed E-state index contributed by atoms with van der Waals surface area (Å²) in [6.07, 6.45) is -4.85. The van der Waals surface area contributed by atoms with Crippen LogP contribution in [0, 0.1) is 5.82 Å². The number of alkyl halides is 4. The lowest BCUT2D eigenvalue weighted by Crippen LogP contribution is -2.36. The molecule has 2 aromatic rings. The lowest BCUT2D eigenvalue weighted by molar-refractivity contribution is -0.148. The Morgan fingerprint density at radius 1 is 1.14 bits per heavy atom. The van der Waals surface area contributed by atoms with Crippen LogP contribution in [0.15, 0.2) is 36.4 Å². The Hall–Kier alpha value is -2.15. The van der Waals surface area contributed by atoms with Gasteiger partial charge in [0.25, 0.3) is 6.43 Å². The number of ether oxygens (including phenoxy) is 1. The van der Waals surface area contributed by atoms with E-state index in [0.29, 0.717) is 6.07 Å². The van der Waals surface area contributed by atoms with E-state index >= 15 is 0 Å². The Morgan fingerprint density at radius 2 is 1.86 bits per heavy atom. The maximum Gasteiger partial charge on any atom is 0.306 e. The van der Waals surface area contributed by atoms with Gasteiger partial charge in [-0.25, -0.2) is 13.2 Å². The van der Waals surface area contributed by atoms with Crippen molar-refractivity contribution in [3.8, 4) is 11.5 Å². The Balaban J connectivity index is 1.99. The first-order chi connectivity index (χ1) is 10.3. The first kappa shape index (κ1) is 14.8. The average Bonchev–Trinajstić information content (AvgIpc) is 2.45. The molecule has 0 heterocycles. The summed E-state index contributed by atoms with van der Waals surface area (Å²) in [6, 6.07) is 6.21. The van der Waals surface area contributed by atoms with Crippen LogP contribution in [0.1, 0.15) is 29.2 Å². The number of halogens is 5. The van der Waals surface area contributed by atoms with Crippen molar-refractivity contribution < 1.29 is 31.8 Å². The Labute approximate surface area is 121 Å². The topological polar surface area (TPSA) is 29.5 Å². The number of aliphatic hydroxyl groups excluding tert-OH is 1. The van der Waals surface area contributed by atoms with E-state index in [9.17, 15) is 27.1 Å². The maximum atomic E-state index is 13.7. The number of rotatable bonds is 3. The van der Waals surface area contributed by atoms with Crippen molar-refractivity contribution >= 4 is 0 Å². The zero-order chi connectivity index (χ0) is 16.1. The number of hydrogen-bond donors (Lipinski definition) is 1. The standard InChI is InChI=1S/C15H9F5O2/c16-8-4-7(14(17)18)5-9(6-8)22-11-3-1-2-10-12(11)15(19,20)13(10)21/h1-6,13-14,21H. The van der Waals surface area contributed by atoms with E-state index in [-0.39, 0.29) is 17.1 Å². The van der Waals surface area contributed by atoms with Crippen molar-refractivity contribution in [3.05, 3.63) is 58.9 Å². The minimum atomic E-state index is -3.50. The van der Waals surface area contributed by atoms with E-state index in [4.69, 9.17) is 4.74 Å². The number of aliphatic hydroxyl groups is 1. The maximum absolute atomic E-state index is 13.7.